The van der Waals surface area contributed by atoms with Gasteiger partial charge in [0.25, 0.3) is 0 Å². The highest BCUT2D eigenvalue weighted by molar-refractivity contribution is 9.11. The first-order valence-corrected chi connectivity index (χ1v) is 13.4. The lowest BCUT2D eigenvalue weighted by Gasteiger charge is -2.24. The molecule has 0 aromatic heterocycles. The molecule has 35 heavy (non-hydrogen) atoms. The van der Waals surface area contributed by atoms with Crippen molar-refractivity contribution in [3.63, 3.8) is 0 Å². The number of nitrogens with zero attached hydrogens (tertiary/aromatic N) is 1. The quantitative estimate of drug-likeness (QED) is 0.389. The van der Waals surface area contributed by atoms with E-state index < -0.39 is 47.0 Å². The summed E-state index contributed by atoms with van der Waals surface area (Å²) in [5.41, 5.74) is -0.731. The minimum atomic E-state index is -4.49. The Bertz CT molecular complexity index is 1170. The molecule has 1 aliphatic rings. The van der Waals surface area contributed by atoms with Crippen LogP contribution in [-0.2, 0) is 20.9 Å². The molecule has 2 aromatic carbocycles. The van der Waals surface area contributed by atoms with Crippen molar-refractivity contribution in [2.24, 2.45) is 0 Å². The summed E-state index contributed by atoms with van der Waals surface area (Å²) < 4.78 is 72.5. The Hall–Kier alpha value is -1.65. The zero-order valence-electron chi connectivity index (χ0n) is 18.2. The Balaban J connectivity index is 1.60. The van der Waals surface area contributed by atoms with E-state index in [1.807, 2.05) is 0 Å². The van der Waals surface area contributed by atoms with Gasteiger partial charge < -0.3 is 14.6 Å². The maximum Gasteiger partial charge on any atom is 0.416 e. The van der Waals surface area contributed by atoms with Gasteiger partial charge in [-0.05, 0) is 71.6 Å². The summed E-state index contributed by atoms with van der Waals surface area (Å²) >= 11 is 6.48. The van der Waals surface area contributed by atoms with Gasteiger partial charge in [0, 0.05) is 33.3 Å². The van der Waals surface area contributed by atoms with Gasteiger partial charge in [0.15, 0.2) is 0 Å². The van der Waals surface area contributed by atoms with E-state index in [-0.39, 0.29) is 30.2 Å². The Morgan fingerprint density at radius 2 is 1.89 bits per heavy atom. The highest BCUT2D eigenvalue weighted by atomic mass is 79.9. The van der Waals surface area contributed by atoms with Gasteiger partial charge in [-0.15, -0.1) is 0 Å². The standard InChI is InChI=1S/C20H21BBr2F3N3O5S/c1-21(31)29-10-15(28-35(32,33)18-8-13(22)4-7-17(18)23)9-16(29)11-34-19(30)27-14-5-2-12(3-6-14)20(24,25)26/h2-8,15-16,28,31H,9-11H2,1H3,(H,27,30)/t15-,16-/m1/s1. The fourth-order valence-corrected chi connectivity index (χ4v) is 6.43. The van der Waals surface area contributed by atoms with E-state index in [9.17, 15) is 31.4 Å². The predicted octanol–water partition coefficient (Wildman–Crippen LogP) is 4.31. The van der Waals surface area contributed by atoms with Gasteiger partial charge in [0.05, 0.1) is 10.5 Å². The topological polar surface area (TPSA) is 108 Å². The van der Waals surface area contributed by atoms with Crippen molar-refractivity contribution in [2.45, 2.75) is 36.4 Å². The first kappa shape index (κ1) is 27.9. The summed E-state index contributed by atoms with van der Waals surface area (Å²) in [6.45, 7) is 1.52. The smallest absolute Gasteiger partial charge is 0.416 e. The van der Waals surface area contributed by atoms with Crippen LogP contribution in [0, 0.1) is 0 Å². The van der Waals surface area contributed by atoms with Crippen LogP contribution in [0.15, 0.2) is 56.3 Å². The zero-order chi connectivity index (χ0) is 26.0. The number of amides is 1. The second-order valence-electron chi connectivity index (χ2n) is 7.91. The SMILES string of the molecule is CB(O)N1C[C@H](NS(=O)(=O)c2cc(Br)ccc2Br)C[C@@H]1COC(=O)Nc1ccc(C(F)(F)F)cc1. The van der Waals surface area contributed by atoms with Crippen LogP contribution >= 0.6 is 31.9 Å². The average Bonchev–Trinajstić information content (AvgIpc) is 3.16. The highest BCUT2D eigenvalue weighted by Crippen LogP contribution is 2.30. The molecule has 0 bridgehead atoms. The van der Waals surface area contributed by atoms with Crippen LogP contribution in [0.1, 0.15) is 12.0 Å². The third kappa shape index (κ3) is 7.43. The number of anilines is 1. The fraction of sp³-hybridized carbons (Fsp3) is 0.350. The first-order valence-electron chi connectivity index (χ1n) is 10.3. The van der Waals surface area contributed by atoms with Crippen LogP contribution in [0.3, 0.4) is 0 Å². The summed E-state index contributed by atoms with van der Waals surface area (Å²) in [6.07, 6.45) is -5.13. The molecular weight excluding hydrogens is 622 g/mol. The Morgan fingerprint density at radius 3 is 2.49 bits per heavy atom. The second-order valence-corrected chi connectivity index (χ2v) is 11.4. The Morgan fingerprint density at radius 1 is 1.23 bits per heavy atom. The molecule has 3 N–H and O–H groups in total. The Kier molecular flexibility index (Phi) is 8.92. The van der Waals surface area contributed by atoms with E-state index in [0.717, 1.165) is 24.3 Å². The van der Waals surface area contributed by atoms with E-state index in [1.54, 1.807) is 16.9 Å². The molecule has 15 heteroatoms. The van der Waals surface area contributed by atoms with Crippen LogP contribution < -0.4 is 10.0 Å². The molecule has 8 nitrogen and oxygen atoms in total. The summed E-state index contributed by atoms with van der Waals surface area (Å²) in [7, 11) is -4.83. The van der Waals surface area contributed by atoms with Gasteiger partial charge in [-0.3, -0.25) is 5.32 Å². The van der Waals surface area contributed by atoms with E-state index in [0.29, 0.717) is 8.95 Å². The molecule has 2 aromatic rings. The molecule has 0 saturated carbocycles. The molecular formula is C20H21BBr2F3N3O5S. The maximum absolute atomic E-state index is 12.9. The fourth-order valence-electron chi connectivity index (χ4n) is 3.68. The van der Waals surface area contributed by atoms with Gasteiger partial charge in [-0.2, -0.15) is 13.2 Å². The van der Waals surface area contributed by atoms with Crippen LogP contribution in [0.5, 0.6) is 0 Å². The minimum Gasteiger partial charge on any atom is -0.448 e. The number of sulfonamides is 1. The molecule has 190 valence electrons. The number of alkyl halides is 3. The number of halogens is 5. The van der Waals surface area contributed by atoms with Gasteiger partial charge in [0.1, 0.15) is 6.61 Å². The lowest BCUT2D eigenvalue weighted by molar-refractivity contribution is -0.137. The van der Waals surface area contributed by atoms with E-state index in [1.165, 1.54) is 12.9 Å². The van der Waals surface area contributed by atoms with Crippen molar-refractivity contribution in [3.05, 3.63) is 57.0 Å². The number of rotatable bonds is 7. The molecule has 0 radical (unpaired) electrons. The average molecular weight is 643 g/mol. The largest absolute Gasteiger partial charge is 0.448 e. The van der Waals surface area contributed by atoms with Crippen LogP contribution in [0.2, 0.25) is 6.82 Å². The van der Waals surface area contributed by atoms with Crippen molar-refractivity contribution in [1.82, 2.24) is 9.53 Å². The normalized spacial score (nSPS) is 18.9. The van der Waals surface area contributed by atoms with Crippen molar-refractivity contribution in [2.75, 3.05) is 18.5 Å². The Labute approximate surface area is 217 Å². The lowest BCUT2D eigenvalue weighted by atomic mass is 9.84. The van der Waals surface area contributed by atoms with Crippen molar-refractivity contribution in [3.8, 4) is 0 Å². The second kappa shape index (κ2) is 11.2. The summed E-state index contributed by atoms with van der Waals surface area (Å²) in [5.74, 6) is 0. The molecule has 1 amide bonds. The number of nitrogens with one attached hydrogen (secondary N) is 2. The zero-order valence-corrected chi connectivity index (χ0v) is 22.2. The van der Waals surface area contributed by atoms with E-state index in [4.69, 9.17) is 4.74 Å². The summed E-state index contributed by atoms with van der Waals surface area (Å²) in [6, 6.07) is 7.57. The van der Waals surface area contributed by atoms with Crippen molar-refractivity contribution >= 4 is 60.7 Å². The van der Waals surface area contributed by atoms with Crippen molar-refractivity contribution in [1.29, 1.82) is 0 Å². The summed E-state index contributed by atoms with van der Waals surface area (Å²) in [5, 5.41) is 12.5. The van der Waals surface area contributed by atoms with Gasteiger partial charge in [0.2, 0.25) is 10.0 Å². The number of benzene rings is 2. The van der Waals surface area contributed by atoms with E-state index in [2.05, 4.69) is 41.9 Å². The number of ether oxygens (including phenoxy) is 1. The van der Waals surface area contributed by atoms with Crippen LogP contribution in [-0.4, -0.2) is 56.6 Å². The molecule has 1 saturated heterocycles. The molecule has 0 spiro atoms. The molecule has 2 atom stereocenters. The molecule has 0 unspecified atom stereocenters. The van der Waals surface area contributed by atoms with Gasteiger partial charge >= 0.3 is 19.3 Å². The molecule has 1 aliphatic heterocycles. The number of carbonyl (C=O) groups excluding carboxylic acids is 1. The molecule has 3 rings (SSSR count). The van der Waals surface area contributed by atoms with Crippen LogP contribution in [0.4, 0.5) is 23.7 Å². The summed E-state index contributed by atoms with van der Waals surface area (Å²) in [4.78, 5) is 13.8. The third-order valence-corrected chi connectivity index (χ3v) is 8.31. The molecule has 0 aliphatic carbocycles. The van der Waals surface area contributed by atoms with Gasteiger partial charge in [-0.1, -0.05) is 15.9 Å². The third-order valence-electron chi connectivity index (χ3n) is 5.31. The van der Waals surface area contributed by atoms with Gasteiger partial charge in [-0.25, -0.2) is 17.9 Å². The van der Waals surface area contributed by atoms with Crippen LogP contribution in [0.25, 0.3) is 0 Å². The highest BCUT2D eigenvalue weighted by Gasteiger charge is 2.39. The minimum absolute atomic E-state index is 0.0473. The predicted molar refractivity (Wildman–Crippen MR) is 131 cm³/mol. The number of hydrogen-bond donors (Lipinski definition) is 3. The molecule has 1 fully saturated rings. The lowest BCUT2D eigenvalue weighted by Crippen LogP contribution is -2.44. The number of hydrogen-bond acceptors (Lipinski definition) is 6. The maximum atomic E-state index is 12.9. The number of carbonyl (C=O) groups is 1. The monoisotopic (exact) mass is 641 g/mol. The van der Waals surface area contributed by atoms with E-state index >= 15 is 0 Å². The first-order chi connectivity index (χ1) is 16.3. The van der Waals surface area contributed by atoms with Crippen molar-refractivity contribution < 1.29 is 36.1 Å². The molecule has 1 heterocycles.